The summed E-state index contributed by atoms with van der Waals surface area (Å²) in [5.41, 5.74) is 1.66. The van der Waals surface area contributed by atoms with Crippen molar-refractivity contribution in [2.24, 2.45) is 0 Å². The number of para-hydroxylation sites is 1. The highest BCUT2D eigenvalue weighted by molar-refractivity contribution is 5.99. The van der Waals surface area contributed by atoms with Gasteiger partial charge in [0.25, 0.3) is 0 Å². The fourth-order valence-electron chi connectivity index (χ4n) is 2.20. The number of allylic oxidation sites excluding steroid dienone is 1. The van der Waals surface area contributed by atoms with E-state index in [1.165, 1.54) is 13.0 Å². The van der Waals surface area contributed by atoms with Crippen LogP contribution < -0.4 is 0 Å². The normalized spacial score (nSPS) is 11.5. The first-order chi connectivity index (χ1) is 9.65. The molecule has 0 saturated heterocycles. The highest BCUT2D eigenvalue weighted by Crippen LogP contribution is 2.36. The standard InChI is InChI=1S/C17H14O3/c1-11(18)7-9-16-17(15-10-8-12(2)19-15)13-5-3-4-6-14(13)20-16/h3-10H,1-2H3/b9-7+. The van der Waals surface area contributed by atoms with Gasteiger partial charge in [-0.25, -0.2) is 0 Å². The topological polar surface area (TPSA) is 43.4 Å². The lowest BCUT2D eigenvalue weighted by Crippen LogP contribution is -1.80. The lowest BCUT2D eigenvalue weighted by molar-refractivity contribution is -0.112. The summed E-state index contributed by atoms with van der Waals surface area (Å²) in [5.74, 6) is 2.20. The van der Waals surface area contributed by atoms with Gasteiger partial charge in [-0.15, -0.1) is 0 Å². The first-order valence-electron chi connectivity index (χ1n) is 6.42. The molecule has 2 aromatic heterocycles. The van der Waals surface area contributed by atoms with Crippen molar-refractivity contribution in [2.75, 3.05) is 0 Å². The third kappa shape index (κ3) is 2.18. The Kier molecular flexibility index (Phi) is 3.03. The number of hydrogen-bond acceptors (Lipinski definition) is 3. The number of carbonyl (C=O) groups is 1. The van der Waals surface area contributed by atoms with Gasteiger partial charge in [-0.3, -0.25) is 4.79 Å². The molecular weight excluding hydrogens is 252 g/mol. The Balaban J connectivity index is 2.25. The minimum Gasteiger partial charge on any atom is -0.461 e. The van der Waals surface area contributed by atoms with E-state index in [2.05, 4.69) is 0 Å². The largest absolute Gasteiger partial charge is 0.461 e. The fraction of sp³-hybridized carbons (Fsp3) is 0.118. The summed E-state index contributed by atoms with van der Waals surface area (Å²) in [6, 6.07) is 11.6. The molecule has 3 heteroatoms. The molecule has 3 aromatic rings. The average molecular weight is 266 g/mol. The number of carbonyl (C=O) groups excluding carboxylic acids is 1. The number of ketones is 1. The third-order valence-corrected chi connectivity index (χ3v) is 3.08. The predicted molar refractivity (Wildman–Crippen MR) is 78.4 cm³/mol. The van der Waals surface area contributed by atoms with E-state index < -0.39 is 0 Å². The summed E-state index contributed by atoms with van der Waals surface area (Å²) in [7, 11) is 0. The second kappa shape index (κ2) is 4.85. The molecule has 0 N–H and O–H groups in total. The third-order valence-electron chi connectivity index (χ3n) is 3.08. The molecule has 0 aliphatic carbocycles. The number of rotatable bonds is 3. The van der Waals surface area contributed by atoms with Gasteiger partial charge in [-0.1, -0.05) is 18.2 Å². The van der Waals surface area contributed by atoms with Gasteiger partial charge in [-0.2, -0.15) is 0 Å². The van der Waals surface area contributed by atoms with Crippen molar-refractivity contribution in [1.82, 2.24) is 0 Å². The van der Waals surface area contributed by atoms with Crippen LogP contribution >= 0.6 is 0 Å². The molecule has 0 amide bonds. The fourth-order valence-corrected chi connectivity index (χ4v) is 2.20. The quantitative estimate of drug-likeness (QED) is 0.650. The van der Waals surface area contributed by atoms with Gasteiger partial charge in [0, 0.05) is 5.39 Å². The molecular formula is C17H14O3. The average Bonchev–Trinajstić information content (AvgIpc) is 2.99. The minimum absolute atomic E-state index is 0.0213. The van der Waals surface area contributed by atoms with E-state index >= 15 is 0 Å². The Morgan fingerprint density at radius 3 is 2.60 bits per heavy atom. The molecule has 3 nitrogen and oxygen atoms in total. The molecule has 100 valence electrons. The van der Waals surface area contributed by atoms with Gasteiger partial charge in [0.2, 0.25) is 0 Å². The summed E-state index contributed by atoms with van der Waals surface area (Å²) in [4.78, 5) is 11.1. The van der Waals surface area contributed by atoms with E-state index in [4.69, 9.17) is 8.83 Å². The van der Waals surface area contributed by atoms with Gasteiger partial charge in [-0.05, 0) is 44.2 Å². The van der Waals surface area contributed by atoms with Gasteiger partial charge in [0.15, 0.2) is 5.78 Å². The Hall–Kier alpha value is -2.55. The van der Waals surface area contributed by atoms with E-state index in [-0.39, 0.29) is 5.78 Å². The van der Waals surface area contributed by atoms with E-state index in [1.807, 2.05) is 43.3 Å². The van der Waals surface area contributed by atoms with Crippen molar-refractivity contribution in [3.63, 3.8) is 0 Å². The molecule has 0 radical (unpaired) electrons. The molecule has 2 heterocycles. The van der Waals surface area contributed by atoms with Crippen molar-refractivity contribution < 1.29 is 13.6 Å². The van der Waals surface area contributed by atoms with Crippen LogP contribution in [0, 0.1) is 6.92 Å². The Labute approximate surface area is 116 Å². The first-order valence-corrected chi connectivity index (χ1v) is 6.42. The molecule has 0 saturated carbocycles. The number of aryl methyl sites for hydroxylation is 1. The van der Waals surface area contributed by atoms with Crippen molar-refractivity contribution in [3.8, 4) is 11.3 Å². The summed E-state index contributed by atoms with van der Waals surface area (Å²) in [6.45, 7) is 3.41. The van der Waals surface area contributed by atoms with Crippen LogP contribution in [0.4, 0.5) is 0 Å². The number of hydrogen-bond donors (Lipinski definition) is 0. The lowest BCUT2D eigenvalue weighted by atomic mass is 10.1. The van der Waals surface area contributed by atoms with Crippen molar-refractivity contribution >= 4 is 22.8 Å². The molecule has 0 aliphatic rings. The molecule has 0 aliphatic heterocycles. The molecule has 0 bridgehead atoms. The predicted octanol–water partition coefficient (Wildman–Crippen LogP) is 4.60. The SMILES string of the molecule is CC(=O)/C=C/c1oc2ccccc2c1-c1ccc(C)o1. The highest BCUT2D eigenvalue weighted by atomic mass is 16.4. The Bertz CT molecular complexity index is 803. The van der Waals surface area contributed by atoms with Crippen LogP contribution in [-0.4, -0.2) is 5.78 Å². The summed E-state index contributed by atoms with van der Waals surface area (Å²) in [5, 5.41) is 0.977. The van der Waals surface area contributed by atoms with Crippen molar-refractivity contribution in [2.45, 2.75) is 13.8 Å². The van der Waals surface area contributed by atoms with Crippen LogP contribution in [0.5, 0.6) is 0 Å². The summed E-state index contributed by atoms with van der Waals surface area (Å²) in [6.07, 6.45) is 3.19. The Morgan fingerprint density at radius 1 is 1.10 bits per heavy atom. The molecule has 0 fully saturated rings. The minimum atomic E-state index is -0.0213. The lowest BCUT2D eigenvalue weighted by Gasteiger charge is -1.95. The van der Waals surface area contributed by atoms with E-state index in [0.717, 1.165) is 28.1 Å². The van der Waals surface area contributed by atoms with Gasteiger partial charge < -0.3 is 8.83 Å². The molecule has 0 atom stereocenters. The highest BCUT2D eigenvalue weighted by Gasteiger charge is 2.16. The monoisotopic (exact) mass is 266 g/mol. The number of fused-ring (bicyclic) bond motifs is 1. The van der Waals surface area contributed by atoms with Crippen molar-refractivity contribution in [1.29, 1.82) is 0 Å². The van der Waals surface area contributed by atoms with Crippen LogP contribution in [0.1, 0.15) is 18.4 Å². The molecule has 0 spiro atoms. The van der Waals surface area contributed by atoms with Gasteiger partial charge in [0.05, 0.1) is 5.56 Å². The van der Waals surface area contributed by atoms with Gasteiger partial charge in [0.1, 0.15) is 22.9 Å². The maximum atomic E-state index is 11.1. The molecule has 1 aromatic carbocycles. The van der Waals surface area contributed by atoms with Crippen LogP contribution in [-0.2, 0) is 4.79 Å². The first kappa shape index (κ1) is 12.5. The Morgan fingerprint density at radius 2 is 1.90 bits per heavy atom. The van der Waals surface area contributed by atoms with Crippen molar-refractivity contribution in [3.05, 3.63) is 54.0 Å². The smallest absolute Gasteiger partial charge is 0.152 e. The van der Waals surface area contributed by atoms with Crippen LogP contribution in [0.25, 0.3) is 28.4 Å². The van der Waals surface area contributed by atoms with Gasteiger partial charge >= 0.3 is 0 Å². The van der Waals surface area contributed by atoms with E-state index in [0.29, 0.717) is 5.76 Å². The molecule has 3 rings (SSSR count). The number of furan rings is 2. The summed E-state index contributed by atoms with van der Waals surface area (Å²) < 4.78 is 11.5. The zero-order valence-corrected chi connectivity index (χ0v) is 11.3. The second-order valence-corrected chi connectivity index (χ2v) is 4.69. The van der Waals surface area contributed by atoms with Crippen LogP contribution in [0.15, 0.2) is 51.3 Å². The van der Waals surface area contributed by atoms with Crippen LogP contribution in [0.3, 0.4) is 0 Å². The van der Waals surface area contributed by atoms with E-state index in [9.17, 15) is 4.79 Å². The van der Waals surface area contributed by atoms with E-state index in [1.54, 1.807) is 6.08 Å². The maximum Gasteiger partial charge on any atom is 0.152 e. The second-order valence-electron chi connectivity index (χ2n) is 4.69. The zero-order chi connectivity index (χ0) is 14.1. The summed E-state index contributed by atoms with van der Waals surface area (Å²) >= 11 is 0. The maximum absolute atomic E-state index is 11.1. The van der Waals surface area contributed by atoms with Crippen LogP contribution in [0.2, 0.25) is 0 Å². The molecule has 20 heavy (non-hydrogen) atoms. The number of benzene rings is 1. The zero-order valence-electron chi connectivity index (χ0n) is 11.3. The molecule has 0 unspecified atom stereocenters.